The number of piperazine rings is 1. The van der Waals surface area contributed by atoms with Crippen molar-refractivity contribution in [2.24, 2.45) is 5.92 Å². The summed E-state index contributed by atoms with van der Waals surface area (Å²) in [4.78, 5) is 17.7. The van der Waals surface area contributed by atoms with Crippen LogP contribution in [0, 0.1) is 5.92 Å². The average molecular weight is 317 g/mol. The maximum Gasteiger partial charge on any atom is 0.275 e. The summed E-state index contributed by atoms with van der Waals surface area (Å²) in [7, 11) is 0. The third kappa shape index (κ3) is 1.69. The monoisotopic (exact) mass is 316 g/mol. The highest BCUT2D eigenvalue weighted by Gasteiger charge is 2.51. The number of H-pyrrole nitrogens is 1. The first-order chi connectivity index (χ1) is 10.7. The molecule has 1 aromatic heterocycles. The van der Waals surface area contributed by atoms with E-state index in [2.05, 4.69) is 20.0 Å². The van der Waals surface area contributed by atoms with Crippen LogP contribution < -0.4 is 0 Å². The lowest BCUT2D eigenvalue weighted by Gasteiger charge is -2.44. The number of nitrogens with one attached hydrogen (secondary N) is 1. The Bertz CT molecular complexity index is 769. The molecular weight excluding hydrogens is 300 g/mol. The van der Waals surface area contributed by atoms with Crippen LogP contribution in [0.25, 0.3) is 10.9 Å². The first kappa shape index (κ1) is 12.9. The van der Waals surface area contributed by atoms with Crippen molar-refractivity contribution in [3.8, 4) is 0 Å². The predicted molar refractivity (Wildman–Crippen MR) is 84.0 cm³/mol. The summed E-state index contributed by atoms with van der Waals surface area (Å²) in [5.74, 6) is 0.750. The Morgan fingerprint density at radius 1 is 1.36 bits per heavy atom. The van der Waals surface area contributed by atoms with Crippen molar-refractivity contribution in [3.05, 3.63) is 28.9 Å². The number of carbonyl (C=O) groups excluding carboxylic acids is 1. The van der Waals surface area contributed by atoms with E-state index < -0.39 is 0 Å². The van der Waals surface area contributed by atoms with Crippen LogP contribution in [0.5, 0.6) is 0 Å². The number of aromatic nitrogens is 2. The quantitative estimate of drug-likeness (QED) is 0.877. The molecule has 0 saturated carbocycles. The van der Waals surface area contributed by atoms with Gasteiger partial charge in [-0.25, -0.2) is 0 Å². The van der Waals surface area contributed by atoms with Crippen LogP contribution in [0.4, 0.5) is 0 Å². The van der Waals surface area contributed by atoms with Gasteiger partial charge in [0.2, 0.25) is 0 Å². The number of rotatable bonds is 1. The van der Waals surface area contributed by atoms with E-state index >= 15 is 0 Å². The zero-order valence-electron chi connectivity index (χ0n) is 12.1. The van der Waals surface area contributed by atoms with E-state index in [-0.39, 0.29) is 5.91 Å². The van der Waals surface area contributed by atoms with Gasteiger partial charge in [0, 0.05) is 35.6 Å². The molecule has 5 nitrogen and oxygen atoms in total. The highest BCUT2D eigenvalue weighted by Crippen LogP contribution is 2.41. The molecule has 114 valence electrons. The number of halogens is 1. The molecule has 2 unspecified atom stereocenters. The zero-order chi connectivity index (χ0) is 14.8. The molecule has 1 aromatic carbocycles. The van der Waals surface area contributed by atoms with Gasteiger partial charge in [-0.3, -0.25) is 14.8 Å². The first-order valence-electron chi connectivity index (χ1n) is 7.89. The van der Waals surface area contributed by atoms with Crippen LogP contribution in [-0.2, 0) is 0 Å². The van der Waals surface area contributed by atoms with Crippen molar-refractivity contribution in [1.29, 1.82) is 0 Å². The van der Waals surface area contributed by atoms with E-state index in [0.29, 0.717) is 28.7 Å². The molecule has 0 aliphatic carbocycles. The van der Waals surface area contributed by atoms with Gasteiger partial charge in [0.1, 0.15) is 0 Å². The van der Waals surface area contributed by atoms with E-state index in [4.69, 9.17) is 11.6 Å². The van der Waals surface area contributed by atoms with Gasteiger partial charge in [-0.15, -0.1) is 0 Å². The van der Waals surface area contributed by atoms with Crippen molar-refractivity contribution in [3.63, 3.8) is 0 Å². The van der Waals surface area contributed by atoms with Crippen LogP contribution >= 0.6 is 11.6 Å². The van der Waals surface area contributed by atoms with Gasteiger partial charge in [0.15, 0.2) is 5.69 Å². The van der Waals surface area contributed by atoms with Crippen molar-refractivity contribution in [2.75, 3.05) is 19.6 Å². The summed E-state index contributed by atoms with van der Waals surface area (Å²) in [6.45, 7) is 3.25. The SMILES string of the molecule is O=C(c1n[nH]c2cc(Cl)ccc12)N1C2CN3CC[C@@H]2C[C@@H]1C3. The van der Waals surface area contributed by atoms with Gasteiger partial charge in [0.25, 0.3) is 5.91 Å². The summed E-state index contributed by atoms with van der Waals surface area (Å²) in [5.41, 5.74) is 1.36. The lowest BCUT2D eigenvalue weighted by molar-refractivity contribution is 0.0258. The Labute approximate surface area is 133 Å². The Morgan fingerprint density at radius 2 is 2.27 bits per heavy atom. The second-order valence-electron chi connectivity index (χ2n) is 6.74. The van der Waals surface area contributed by atoms with Gasteiger partial charge in [-0.2, -0.15) is 5.10 Å². The highest BCUT2D eigenvalue weighted by molar-refractivity contribution is 6.31. The van der Waals surface area contributed by atoms with Gasteiger partial charge >= 0.3 is 0 Å². The zero-order valence-corrected chi connectivity index (χ0v) is 12.9. The van der Waals surface area contributed by atoms with Crippen LogP contribution in [0.3, 0.4) is 0 Å². The van der Waals surface area contributed by atoms with Crippen LogP contribution in [0.2, 0.25) is 5.02 Å². The summed E-state index contributed by atoms with van der Waals surface area (Å²) < 4.78 is 0. The number of fused-ring (bicyclic) bond motifs is 3. The number of hydrogen-bond donors (Lipinski definition) is 1. The Hall–Kier alpha value is -1.59. The van der Waals surface area contributed by atoms with E-state index in [0.717, 1.165) is 30.4 Å². The number of carbonyl (C=O) groups is 1. The fourth-order valence-corrected chi connectivity index (χ4v) is 4.76. The largest absolute Gasteiger partial charge is 0.328 e. The molecule has 0 radical (unpaired) electrons. The number of piperidine rings is 1. The summed E-state index contributed by atoms with van der Waals surface area (Å²) in [6.07, 6.45) is 2.38. The fraction of sp³-hybridized carbons (Fsp3) is 0.500. The number of aromatic amines is 1. The van der Waals surface area contributed by atoms with Crippen LogP contribution in [0.15, 0.2) is 18.2 Å². The Morgan fingerprint density at radius 3 is 3.18 bits per heavy atom. The molecule has 1 N–H and O–H groups in total. The van der Waals surface area contributed by atoms with E-state index in [9.17, 15) is 4.79 Å². The van der Waals surface area contributed by atoms with Crippen molar-refractivity contribution in [2.45, 2.75) is 24.9 Å². The van der Waals surface area contributed by atoms with Crippen molar-refractivity contribution < 1.29 is 4.79 Å². The fourth-order valence-electron chi connectivity index (χ4n) is 4.59. The molecule has 4 atom stereocenters. The molecule has 3 saturated heterocycles. The maximum atomic E-state index is 13.1. The number of hydrogen-bond acceptors (Lipinski definition) is 3. The first-order valence-corrected chi connectivity index (χ1v) is 8.27. The molecule has 1 amide bonds. The summed E-state index contributed by atoms with van der Waals surface area (Å²) >= 11 is 6.01. The van der Waals surface area contributed by atoms with Crippen molar-refractivity contribution in [1.82, 2.24) is 20.0 Å². The van der Waals surface area contributed by atoms with Crippen LogP contribution in [0.1, 0.15) is 23.3 Å². The standard InChI is InChI=1S/C16H17ClN4O/c17-10-1-2-12-13(6-10)18-19-15(12)16(22)21-11-5-9-3-4-20(7-11)8-14(9)21/h1-2,6,9,11,14H,3-5,7-8H2,(H,18,19)/t9-,11-,14?/m1/s1. The Balaban J connectivity index is 1.54. The maximum absolute atomic E-state index is 13.1. The molecule has 6 heteroatoms. The molecule has 4 heterocycles. The van der Waals surface area contributed by atoms with Crippen molar-refractivity contribution >= 4 is 28.4 Å². The van der Waals surface area contributed by atoms with E-state index in [1.165, 1.54) is 13.0 Å². The van der Waals surface area contributed by atoms with Crippen LogP contribution in [-0.4, -0.2) is 57.6 Å². The van der Waals surface area contributed by atoms with Gasteiger partial charge < -0.3 is 4.90 Å². The smallest absolute Gasteiger partial charge is 0.275 e. The molecule has 2 aromatic rings. The summed E-state index contributed by atoms with van der Waals surface area (Å²) in [5, 5.41) is 8.74. The summed E-state index contributed by atoms with van der Waals surface area (Å²) in [6, 6.07) is 6.25. The third-order valence-electron chi connectivity index (χ3n) is 5.56. The molecule has 5 rings (SSSR count). The normalized spacial score (nSPS) is 32.9. The highest BCUT2D eigenvalue weighted by atomic mass is 35.5. The molecule has 3 fully saturated rings. The molecule has 0 spiro atoms. The second-order valence-corrected chi connectivity index (χ2v) is 7.18. The molecule has 3 aliphatic rings. The predicted octanol–water partition coefficient (Wildman–Crippen LogP) is 2.13. The Kier molecular flexibility index (Phi) is 2.62. The number of benzene rings is 1. The average Bonchev–Trinajstić information content (AvgIpc) is 2.95. The minimum atomic E-state index is 0.0765. The minimum Gasteiger partial charge on any atom is -0.328 e. The molecular formula is C16H17ClN4O. The molecule has 22 heavy (non-hydrogen) atoms. The van der Waals surface area contributed by atoms with Gasteiger partial charge in [-0.05, 0) is 43.5 Å². The van der Waals surface area contributed by atoms with E-state index in [1.54, 1.807) is 0 Å². The van der Waals surface area contributed by atoms with Gasteiger partial charge in [0.05, 0.1) is 5.52 Å². The second kappa shape index (κ2) is 4.46. The minimum absolute atomic E-state index is 0.0765. The lowest BCUT2D eigenvalue weighted by Crippen LogP contribution is -2.58. The molecule has 3 aliphatic heterocycles. The lowest BCUT2D eigenvalue weighted by atomic mass is 9.93. The third-order valence-corrected chi connectivity index (χ3v) is 5.80. The number of amides is 1. The molecule has 3 bridgehead atoms. The van der Waals surface area contributed by atoms with Gasteiger partial charge in [-0.1, -0.05) is 11.6 Å². The number of nitrogens with zero attached hydrogens (tertiary/aromatic N) is 3. The topological polar surface area (TPSA) is 52.2 Å². The van der Waals surface area contributed by atoms with E-state index in [1.807, 2.05) is 18.2 Å².